The number of anilines is 2. The molecule has 2 saturated heterocycles. The Morgan fingerprint density at radius 3 is 1.83 bits per heavy atom. The summed E-state index contributed by atoms with van der Waals surface area (Å²) in [5.41, 5.74) is 7.22. The average Bonchev–Trinajstić information content (AvgIpc) is 4.14. The Morgan fingerprint density at radius 1 is 0.750 bits per heavy atom. The molecule has 0 saturated carbocycles. The lowest BCUT2D eigenvalue weighted by atomic mass is 9.95. The number of ether oxygens (including phenoxy) is 4. The van der Waals surface area contributed by atoms with E-state index in [-0.39, 0.29) is 43.2 Å². The Kier molecular flexibility index (Phi) is 14.3. The first-order valence-electron chi connectivity index (χ1n) is 22.5. The summed E-state index contributed by atoms with van der Waals surface area (Å²) in [4.78, 5) is 15.0. The van der Waals surface area contributed by atoms with Crippen LogP contribution in [0, 0.1) is 0 Å². The number of likely N-dealkylation sites (N-methyl/N-ethyl adjacent to an activating group) is 4. The number of nitrogens with zero attached hydrogens (tertiary/aromatic N) is 8. The highest BCUT2D eigenvalue weighted by Crippen LogP contribution is 2.36. The maximum absolute atomic E-state index is 10.3. The van der Waals surface area contributed by atoms with Crippen molar-refractivity contribution in [3.05, 3.63) is 84.2 Å². The van der Waals surface area contributed by atoms with E-state index in [0.29, 0.717) is 37.8 Å². The fourth-order valence-corrected chi connectivity index (χ4v) is 8.79. The summed E-state index contributed by atoms with van der Waals surface area (Å²) in [6.07, 6.45) is 5.23. The summed E-state index contributed by atoms with van der Waals surface area (Å²) in [6, 6.07) is 20.3. The second-order valence-corrected chi connectivity index (χ2v) is 17.6. The summed E-state index contributed by atoms with van der Waals surface area (Å²) in [5, 5.41) is 36.3. The van der Waals surface area contributed by atoms with Crippen LogP contribution in [0.15, 0.2) is 73.1 Å². The lowest BCUT2D eigenvalue weighted by Gasteiger charge is -2.27. The minimum atomic E-state index is -0.619. The predicted octanol–water partition coefficient (Wildman–Crippen LogP) is 5.16. The number of aromatic nitrogens is 6. The van der Waals surface area contributed by atoms with E-state index in [1.807, 2.05) is 70.0 Å². The van der Waals surface area contributed by atoms with Gasteiger partial charge in [-0.3, -0.25) is 0 Å². The number of benzene rings is 2. The molecular formula is C48H64N10O6. The number of nitrogens with one attached hydrogen (secondary N) is 2. The van der Waals surface area contributed by atoms with Crippen molar-refractivity contribution in [1.82, 2.24) is 39.8 Å². The molecule has 6 aromatic rings. The molecule has 6 atom stereocenters. The van der Waals surface area contributed by atoms with Crippen LogP contribution >= 0.6 is 0 Å². The quantitative estimate of drug-likeness (QED) is 0.0794. The van der Waals surface area contributed by atoms with Crippen LogP contribution in [0.5, 0.6) is 11.5 Å². The van der Waals surface area contributed by atoms with Crippen LogP contribution in [0.1, 0.15) is 63.0 Å². The van der Waals surface area contributed by atoms with Crippen molar-refractivity contribution in [3.8, 4) is 34.0 Å². The summed E-state index contributed by atoms with van der Waals surface area (Å²) in [6.45, 7) is 9.78. The van der Waals surface area contributed by atoms with Crippen molar-refractivity contribution in [2.45, 2.75) is 82.3 Å². The molecule has 4 aromatic heterocycles. The van der Waals surface area contributed by atoms with Crippen LogP contribution in [0.2, 0.25) is 0 Å². The molecule has 2 fully saturated rings. The van der Waals surface area contributed by atoms with Crippen LogP contribution in [0.4, 0.5) is 11.6 Å². The zero-order valence-electron chi connectivity index (χ0n) is 38.1. The van der Waals surface area contributed by atoms with Gasteiger partial charge in [0, 0.05) is 68.2 Å². The monoisotopic (exact) mass is 877 g/mol. The Morgan fingerprint density at radius 2 is 1.30 bits per heavy atom. The van der Waals surface area contributed by atoms with Gasteiger partial charge >= 0.3 is 0 Å². The van der Waals surface area contributed by atoms with E-state index in [0.717, 1.165) is 82.4 Å². The van der Waals surface area contributed by atoms with E-state index in [2.05, 4.69) is 67.4 Å². The highest BCUT2D eigenvalue weighted by molar-refractivity contribution is 5.71. The molecule has 64 heavy (non-hydrogen) atoms. The molecule has 0 aliphatic carbocycles. The van der Waals surface area contributed by atoms with Crippen LogP contribution in [-0.4, -0.2) is 144 Å². The average molecular weight is 877 g/mol. The largest absolute Gasteiger partial charge is 0.491 e. The first-order valence-corrected chi connectivity index (χ1v) is 22.5. The molecular weight excluding hydrogens is 813 g/mol. The van der Waals surface area contributed by atoms with E-state index in [4.69, 9.17) is 39.1 Å². The summed E-state index contributed by atoms with van der Waals surface area (Å²) < 4.78 is 28.3. The maximum Gasteiger partial charge on any atom is 0.161 e. The summed E-state index contributed by atoms with van der Waals surface area (Å²) in [5.74, 6) is 3.53. The molecule has 6 heterocycles. The van der Waals surface area contributed by atoms with E-state index in [1.54, 1.807) is 14.1 Å². The molecule has 16 nitrogen and oxygen atoms in total. The first-order chi connectivity index (χ1) is 31.0. The SMILES string of the molecule is CNCC(O)COc1cccc(-c2cc(N(C)C3COC(CC(C)c4cnn5c(N(C)C6CCOC6)cc(-c6cccc(OCC(O)CNC)c6)nc45)C3)n3ncc(C(C)C)c3n2)c1. The Bertz CT molecular complexity index is 2490. The van der Waals surface area contributed by atoms with E-state index in [9.17, 15) is 10.2 Å². The van der Waals surface area contributed by atoms with Crippen molar-refractivity contribution in [3.63, 3.8) is 0 Å². The topological polar surface area (TPSA) is 168 Å². The number of rotatable bonds is 20. The molecule has 8 rings (SSSR count). The van der Waals surface area contributed by atoms with Crippen molar-refractivity contribution in [2.24, 2.45) is 0 Å². The van der Waals surface area contributed by atoms with Gasteiger partial charge in [0.15, 0.2) is 11.3 Å². The molecule has 2 aliphatic heterocycles. The van der Waals surface area contributed by atoms with Gasteiger partial charge in [-0.05, 0) is 69.5 Å². The van der Waals surface area contributed by atoms with Crippen LogP contribution in [-0.2, 0) is 9.47 Å². The standard InChI is InChI=1S/C48H64N10O6/c1-30(2)41-24-51-57-46(21-43(53-47(41)57)32-10-8-12-38(17-32)63-28-36(59)22-49-4)56(7)35-19-40(62-27-35)16-31(3)42-25-52-58-45(55(6)34-14-15-61-26-34)20-44(54-48(42)58)33-11-9-13-39(18-33)64-29-37(60)23-50-5/h8-13,17-18,20-21,24-25,30-31,34-37,40,49-50,59-60H,14-16,19,22-23,26-29H2,1-7H3. The second-order valence-electron chi connectivity index (χ2n) is 17.6. The fourth-order valence-electron chi connectivity index (χ4n) is 8.79. The van der Waals surface area contributed by atoms with Crippen LogP contribution in [0.3, 0.4) is 0 Å². The smallest absolute Gasteiger partial charge is 0.161 e. The third-order valence-corrected chi connectivity index (χ3v) is 12.5. The molecule has 2 aliphatic rings. The van der Waals surface area contributed by atoms with Gasteiger partial charge in [-0.15, -0.1) is 0 Å². The number of hydrogen-bond donors (Lipinski definition) is 4. The Balaban J connectivity index is 1.03. The number of hydrogen-bond acceptors (Lipinski definition) is 14. The lowest BCUT2D eigenvalue weighted by Crippen LogP contribution is -2.34. The van der Waals surface area contributed by atoms with Gasteiger partial charge < -0.3 is 49.6 Å². The lowest BCUT2D eigenvalue weighted by molar-refractivity contribution is 0.0980. The maximum atomic E-state index is 10.3. The first kappa shape index (κ1) is 45.2. The minimum absolute atomic E-state index is 0.0122. The highest BCUT2D eigenvalue weighted by Gasteiger charge is 2.33. The molecule has 4 N–H and O–H groups in total. The van der Waals surface area contributed by atoms with Crippen LogP contribution in [0.25, 0.3) is 33.8 Å². The van der Waals surface area contributed by atoms with Crippen molar-refractivity contribution >= 4 is 22.9 Å². The molecule has 6 unspecified atom stereocenters. The molecule has 0 amide bonds. The van der Waals surface area contributed by atoms with Gasteiger partial charge in [0.25, 0.3) is 0 Å². The van der Waals surface area contributed by atoms with E-state index < -0.39 is 12.2 Å². The van der Waals surface area contributed by atoms with Crippen molar-refractivity contribution in [2.75, 3.05) is 84.1 Å². The Hall–Kier alpha value is -5.36. The molecule has 0 radical (unpaired) electrons. The van der Waals surface area contributed by atoms with Gasteiger partial charge in [0.05, 0.1) is 55.2 Å². The summed E-state index contributed by atoms with van der Waals surface area (Å²) >= 11 is 0. The molecule has 2 aromatic carbocycles. The van der Waals surface area contributed by atoms with Gasteiger partial charge in [-0.1, -0.05) is 45.0 Å². The van der Waals surface area contributed by atoms with Gasteiger partial charge in [-0.25, -0.2) is 9.97 Å². The number of aliphatic hydroxyl groups excluding tert-OH is 2. The molecule has 342 valence electrons. The molecule has 0 bridgehead atoms. The molecule has 16 heteroatoms. The number of aliphatic hydroxyl groups is 2. The van der Waals surface area contributed by atoms with Gasteiger partial charge in [0.2, 0.25) is 0 Å². The summed E-state index contributed by atoms with van der Waals surface area (Å²) in [7, 11) is 7.83. The van der Waals surface area contributed by atoms with E-state index in [1.165, 1.54) is 0 Å². The third-order valence-electron chi connectivity index (χ3n) is 12.5. The normalized spacial score (nSPS) is 19.1. The van der Waals surface area contributed by atoms with Crippen LogP contribution < -0.4 is 29.9 Å². The van der Waals surface area contributed by atoms with Crippen molar-refractivity contribution < 1.29 is 29.2 Å². The highest BCUT2D eigenvalue weighted by atomic mass is 16.5. The molecule has 0 spiro atoms. The van der Waals surface area contributed by atoms with Gasteiger partial charge in [-0.2, -0.15) is 19.2 Å². The fraction of sp³-hybridized carbons (Fsp3) is 0.500. The third kappa shape index (κ3) is 9.97. The predicted molar refractivity (Wildman–Crippen MR) is 249 cm³/mol. The zero-order valence-corrected chi connectivity index (χ0v) is 38.1. The number of fused-ring (bicyclic) bond motifs is 2. The second kappa shape index (κ2) is 20.2. The zero-order chi connectivity index (χ0) is 44.9. The van der Waals surface area contributed by atoms with E-state index >= 15 is 0 Å². The minimum Gasteiger partial charge on any atom is -0.491 e. The van der Waals surface area contributed by atoms with Crippen molar-refractivity contribution in [1.29, 1.82) is 0 Å². The Labute approximate surface area is 375 Å². The van der Waals surface area contributed by atoms with Gasteiger partial charge in [0.1, 0.15) is 48.6 Å².